The molecule has 0 aliphatic heterocycles. The van der Waals surface area contributed by atoms with Crippen LogP contribution in [0.4, 0.5) is 0 Å². The maximum Gasteiger partial charge on any atom is 0.421 e. The van der Waals surface area contributed by atoms with Gasteiger partial charge in [-0.05, 0) is 57.3 Å². The first-order chi connectivity index (χ1) is 19.5. The lowest BCUT2D eigenvalue weighted by Gasteiger charge is -2.19. The van der Waals surface area contributed by atoms with Gasteiger partial charge in [0.05, 0.1) is 0 Å². The number of hydrogen-bond donors (Lipinski definition) is 0. The molecule has 40 heavy (non-hydrogen) atoms. The van der Waals surface area contributed by atoms with Crippen LogP contribution in [-0.4, -0.2) is 33.6 Å². The van der Waals surface area contributed by atoms with Crippen LogP contribution in [0.5, 0.6) is 0 Å². The zero-order valence-corrected chi connectivity index (χ0v) is 30.0. The highest BCUT2D eigenvalue weighted by Gasteiger charge is 2.22. The molecule has 0 saturated heterocycles. The molecule has 0 rings (SSSR count). The van der Waals surface area contributed by atoms with Crippen molar-refractivity contribution in [2.45, 2.75) is 173 Å². The van der Waals surface area contributed by atoms with Crippen LogP contribution in [-0.2, 0) is 28.7 Å². The van der Waals surface area contributed by atoms with Crippen LogP contribution in [0.25, 0.3) is 0 Å². The topological polar surface area (TPSA) is 55.4 Å². The number of rotatable bonds is 33. The minimum atomic E-state index is -1.95. The molecule has 10 heteroatoms. The molecule has 0 amide bonds. The molecular formula is C30H63O6PS3. The van der Waals surface area contributed by atoms with Gasteiger partial charge in [0.1, 0.15) is 16.3 Å². The Morgan fingerprint density at radius 3 is 0.925 bits per heavy atom. The first-order valence-electron chi connectivity index (χ1n) is 16.2. The van der Waals surface area contributed by atoms with Gasteiger partial charge in [-0.3, -0.25) is 0 Å². The summed E-state index contributed by atoms with van der Waals surface area (Å²) in [6.45, 7) is 12.7. The van der Waals surface area contributed by atoms with Crippen molar-refractivity contribution >= 4 is 43.9 Å². The standard InChI is InChI=1S/C30H63O6PS3/c1-7-10-13-16-19-22-25-38-28(4)31-34-37(35-32-29(5)39-26-23-20-17-14-11-8-2)36-33-30(6)40-27-24-21-18-15-12-9-3/h28-30H,7-27H2,1-6H3. The summed E-state index contributed by atoms with van der Waals surface area (Å²) < 4.78 is 16.5. The van der Waals surface area contributed by atoms with Crippen molar-refractivity contribution in [1.29, 1.82) is 0 Å². The van der Waals surface area contributed by atoms with Crippen molar-refractivity contribution in [3.63, 3.8) is 0 Å². The van der Waals surface area contributed by atoms with E-state index >= 15 is 0 Å². The second-order valence-electron chi connectivity index (χ2n) is 10.4. The predicted molar refractivity (Wildman–Crippen MR) is 179 cm³/mol. The van der Waals surface area contributed by atoms with Crippen LogP contribution in [0.2, 0.25) is 0 Å². The van der Waals surface area contributed by atoms with Crippen LogP contribution in [0, 0.1) is 0 Å². The van der Waals surface area contributed by atoms with Crippen LogP contribution in [0.1, 0.15) is 157 Å². The highest BCUT2D eigenvalue weighted by Crippen LogP contribution is 2.43. The molecule has 0 aromatic rings. The Morgan fingerprint density at radius 2 is 0.650 bits per heavy atom. The number of unbranched alkanes of at least 4 members (excludes halogenated alkanes) is 15. The van der Waals surface area contributed by atoms with Gasteiger partial charge in [-0.15, -0.1) is 49.3 Å². The molecule has 0 heterocycles. The van der Waals surface area contributed by atoms with Gasteiger partial charge in [0.25, 0.3) is 0 Å². The van der Waals surface area contributed by atoms with Crippen LogP contribution in [0.3, 0.4) is 0 Å². The summed E-state index contributed by atoms with van der Waals surface area (Å²) in [7, 11) is -1.95. The zero-order valence-electron chi connectivity index (χ0n) is 26.7. The molecule has 0 radical (unpaired) electrons. The van der Waals surface area contributed by atoms with Crippen LogP contribution in [0.15, 0.2) is 0 Å². The molecule has 0 aromatic heterocycles. The zero-order chi connectivity index (χ0) is 29.5. The van der Waals surface area contributed by atoms with Gasteiger partial charge in [-0.1, -0.05) is 117 Å². The SMILES string of the molecule is CCCCCCCCSC(C)OOP(OOC(C)SCCCCCCCC)OOC(C)SCCCCCCCC. The summed E-state index contributed by atoms with van der Waals surface area (Å²) in [5.41, 5.74) is -0.398. The van der Waals surface area contributed by atoms with Gasteiger partial charge in [-0.25, -0.2) is 14.7 Å². The summed E-state index contributed by atoms with van der Waals surface area (Å²) in [5, 5.41) is 0. The fourth-order valence-corrected chi connectivity index (χ4v) is 7.04. The van der Waals surface area contributed by atoms with Crippen LogP contribution < -0.4 is 0 Å². The van der Waals surface area contributed by atoms with Crippen molar-refractivity contribution in [3.8, 4) is 0 Å². The Bertz CT molecular complexity index is 432. The van der Waals surface area contributed by atoms with E-state index in [0.717, 1.165) is 17.3 Å². The van der Waals surface area contributed by atoms with Crippen molar-refractivity contribution in [2.24, 2.45) is 0 Å². The number of hydrogen-bond acceptors (Lipinski definition) is 9. The number of thioether (sulfide) groups is 3. The Kier molecular flexibility index (Phi) is 34.2. The van der Waals surface area contributed by atoms with E-state index < -0.39 is 8.60 Å². The van der Waals surface area contributed by atoms with E-state index in [-0.39, 0.29) is 16.3 Å². The molecule has 0 aromatic carbocycles. The normalized spacial score (nSPS) is 14.8. The minimum Gasteiger partial charge on any atom is -0.214 e. The molecule has 0 spiro atoms. The monoisotopic (exact) mass is 646 g/mol. The van der Waals surface area contributed by atoms with Gasteiger partial charge in [0.15, 0.2) is 0 Å². The van der Waals surface area contributed by atoms with E-state index in [2.05, 4.69) is 20.8 Å². The first kappa shape index (κ1) is 41.2. The maximum absolute atomic E-state index is 5.57. The second-order valence-corrected chi connectivity index (χ2v) is 15.5. The summed E-state index contributed by atoms with van der Waals surface area (Å²) in [6.07, 6.45) is 23.2. The van der Waals surface area contributed by atoms with Gasteiger partial charge in [-0.2, -0.15) is 0 Å². The maximum atomic E-state index is 5.57. The molecular weight excluding hydrogens is 583 g/mol. The molecule has 242 valence electrons. The summed E-state index contributed by atoms with van der Waals surface area (Å²) in [6, 6.07) is 0. The highest BCUT2D eigenvalue weighted by molar-refractivity contribution is 8.00. The van der Waals surface area contributed by atoms with Crippen molar-refractivity contribution in [2.75, 3.05) is 17.3 Å². The Morgan fingerprint density at radius 1 is 0.400 bits per heavy atom. The third kappa shape index (κ3) is 30.7. The minimum absolute atomic E-state index is 0.133. The molecule has 0 aliphatic carbocycles. The largest absolute Gasteiger partial charge is 0.421 e. The fourth-order valence-electron chi connectivity index (χ4n) is 3.80. The molecule has 0 aliphatic rings. The van der Waals surface area contributed by atoms with E-state index in [1.807, 2.05) is 20.8 Å². The third-order valence-electron chi connectivity index (χ3n) is 6.27. The van der Waals surface area contributed by atoms with E-state index in [4.69, 9.17) is 28.7 Å². The Labute approximate surface area is 262 Å². The summed E-state index contributed by atoms with van der Waals surface area (Å²) >= 11 is 5.20. The quantitative estimate of drug-likeness (QED) is 0.0228. The molecule has 0 bridgehead atoms. The van der Waals surface area contributed by atoms with Crippen molar-refractivity contribution in [1.82, 2.24) is 0 Å². The Balaban J connectivity index is 4.31. The molecule has 0 saturated carbocycles. The summed E-state index contributed by atoms with van der Waals surface area (Å²) in [5.74, 6) is 3.13. The summed E-state index contributed by atoms with van der Waals surface area (Å²) in [4.78, 5) is 16.7. The van der Waals surface area contributed by atoms with Crippen molar-refractivity contribution < 1.29 is 28.7 Å². The smallest absolute Gasteiger partial charge is 0.214 e. The predicted octanol–water partition coefficient (Wildman–Crippen LogP) is 12.4. The Hall–Kier alpha value is 1.24. The molecule has 3 unspecified atom stereocenters. The lowest BCUT2D eigenvalue weighted by Crippen LogP contribution is -2.10. The lowest BCUT2D eigenvalue weighted by atomic mass is 10.1. The molecule has 3 atom stereocenters. The third-order valence-corrected chi connectivity index (χ3v) is 10.1. The fraction of sp³-hybridized carbons (Fsp3) is 1.00. The second kappa shape index (κ2) is 33.1. The van der Waals surface area contributed by atoms with Crippen molar-refractivity contribution in [3.05, 3.63) is 0 Å². The van der Waals surface area contributed by atoms with Gasteiger partial charge >= 0.3 is 8.60 Å². The van der Waals surface area contributed by atoms with E-state index in [0.29, 0.717) is 0 Å². The molecule has 0 fully saturated rings. The van der Waals surface area contributed by atoms with E-state index in [1.165, 1.54) is 116 Å². The van der Waals surface area contributed by atoms with E-state index in [9.17, 15) is 0 Å². The highest BCUT2D eigenvalue weighted by atomic mass is 32.2. The molecule has 6 nitrogen and oxygen atoms in total. The average Bonchev–Trinajstić information content (AvgIpc) is 2.95. The van der Waals surface area contributed by atoms with Crippen LogP contribution >= 0.6 is 43.9 Å². The van der Waals surface area contributed by atoms with Gasteiger partial charge in [0, 0.05) is 0 Å². The average molecular weight is 647 g/mol. The van der Waals surface area contributed by atoms with Gasteiger partial charge in [0.2, 0.25) is 0 Å². The first-order valence-corrected chi connectivity index (χ1v) is 20.4. The lowest BCUT2D eigenvalue weighted by molar-refractivity contribution is -0.317. The van der Waals surface area contributed by atoms with Gasteiger partial charge < -0.3 is 0 Å². The van der Waals surface area contributed by atoms with E-state index in [1.54, 1.807) is 35.3 Å². The molecule has 0 N–H and O–H groups in total.